The highest BCUT2D eigenvalue weighted by Crippen LogP contribution is 2.63. The second kappa shape index (κ2) is 6.31. The van der Waals surface area contributed by atoms with E-state index >= 15 is 0 Å². The molecule has 3 aliphatic rings. The van der Waals surface area contributed by atoms with Gasteiger partial charge in [-0.25, -0.2) is 0 Å². The fraction of sp³-hybridized carbons (Fsp3) is 1.00. The summed E-state index contributed by atoms with van der Waals surface area (Å²) in [6.07, 6.45) is 5.23. The molecule has 6 atom stereocenters. The van der Waals surface area contributed by atoms with Gasteiger partial charge in [-0.1, -0.05) is 34.6 Å². The Hall–Kier alpha value is -0.120. The number of piperidine rings is 1. The molecule has 2 bridgehead atoms. The lowest BCUT2D eigenvalue weighted by Crippen LogP contribution is -2.46. The quantitative estimate of drug-likeness (QED) is 0.840. The lowest BCUT2D eigenvalue weighted by atomic mass is 9.70. The number of β-amino-alcohol motifs (C(OH)–C–C–N with tert-alkyl or cyclic N) is 1. The third-order valence-electron chi connectivity index (χ3n) is 7.01. The van der Waals surface area contributed by atoms with E-state index in [1.54, 1.807) is 0 Å². The number of fused-ring (bicyclic) bond motifs is 2. The first kappa shape index (κ1) is 17.7. The van der Waals surface area contributed by atoms with E-state index in [0.717, 1.165) is 37.4 Å². The van der Waals surface area contributed by atoms with Crippen LogP contribution in [-0.4, -0.2) is 48.5 Å². The van der Waals surface area contributed by atoms with E-state index in [-0.39, 0.29) is 11.5 Å². The van der Waals surface area contributed by atoms with Crippen LogP contribution in [0.4, 0.5) is 0 Å². The van der Waals surface area contributed by atoms with E-state index in [9.17, 15) is 5.11 Å². The number of hydrogen-bond donors (Lipinski definition) is 1. The number of ether oxygens (including phenoxy) is 1. The van der Waals surface area contributed by atoms with Crippen LogP contribution in [0.5, 0.6) is 0 Å². The molecule has 1 aliphatic heterocycles. The molecular formula is C20H37NO2. The van der Waals surface area contributed by atoms with E-state index in [0.29, 0.717) is 18.1 Å². The molecule has 3 nitrogen and oxygen atoms in total. The zero-order valence-electron chi connectivity index (χ0n) is 15.8. The third kappa shape index (κ3) is 3.48. The summed E-state index contributed by atoms with van der Waals surface area (Å²) in [6.45, 7) is 15.3. The van der Waals surface area contributed by atoms with Gasteiger partial charge in [0.25, 0.3) is 0 Å². The van der Waals surface area contributed by atoms with E-state index in [2.05, 4.69) is 39.5 Å². The smallest absolute Gasteiger partial charge is 0.0900 e. The van der Waals surface area contributed by atoms with Gasteiger partial charge in [0.2, 0.25) is 0 Å². The molecule has 0 aromatic rings. The first-order valence-corrected chi connectivity index (χ1v) is 9.73. The predicted molar refractivity (Wildman–Crippen MR) is 94.4 cm³/mol. The molecule has 0 spiro atoms. The van der Waals surface area contributed by atoms with Crippen molar-refractivity contribution in [2.45, 2.75) is 72.5 Å². The molecule has 0 radical (unpaired) electrons. The first-order valence-electron chi connectivity index (χ1n) is 9.73. The maximum atomic E-state index is 10.5. The molecule has 0 aromatic carbocycles. The van der Waals surface area contributed by atoms with Crippen LogP contribution in [0.15, 0.2) is 0 Å². The minimum atomic E-state index is -0.356. The van der Waals surface area contributed by atoms with Crippen LogP contribution in [0.3, 0.4) is 0 Å². The van der Waals surface area contributed by atoms with E-state index in [4.69, 9.17) is 4.74 Å². The molecule has 0 unspecified atom stereocenters. The summed E-state index contributed by atoms with van der Waals surface area (Å²) >= 11 is 0. The molecule has 1 heterocycles. The Labute approximate surface area is 142 Å². The van der Waals surface area contributed by atoms with Crippen molar-refractivity contribution >= 4 is 0 Å². The fourth-order valence-electron chi connectivity index (χ4n) is 6.17. The van der Waals surface area contributed by atoms with Gasteiger partial charge in [0, 0.05) is 19.6 Å². The van der Waals surface area contributed by atoms with Crippen molar-refractivity contribution in [1.29, 1.82) is 0 Å². The number of aliphatic hydroxyl groups is 1. The average Bonchev–Trinajstić information content (AvgIpc) is 2.88. The van der Waals surface area contributed by atoms with Crippen molar-refractivity contribution in [3.8, 4) is 0 Å². The van der Waals surface area contributed by atoms with Crippen molar-refractivity contribution in [2.24, 2.45) is 28.6 Å². The highest BCUT2D eigenvalue weighted by Gasteiger charge is 2.60. The molecule has 134 valence electrons. The Balaban J connectivity index is 1.50. The van der Waals surface area contributed by atoms with Crippen LogP contribution in [0.1, 0.15) is 60.3 Å². The lowest BCUT2D eigenvalue weighted by Gasteiger charge is -2.43. The van der Waals surface area contributed by atoms with E-state index in [1.807, 2.05) is 0 Å². The Kier molecular flexibility index (Phi) is 4.85. The molecular weight excluding hydrogens is 286 g/mol. The largest absolute Gasteiger partial charge is 0.389 e. The summed E-state index contributed by atoms with van der Waals surface area (Å²) in [5, 5.41) is 10.5. The van der Waals surface area contributed by atoms with Crippen LogP contribution in [-0.2, 0) is 4.74 Å². The summed E-state index contributed by atoms with van der Waals surface area (Å²) in [6, 6.07) is 0. The minimum absolute atomic E-state index is 0.265. The summed E-state index contributed by atoms with van der Waals surface area (Å²) in [7, 11) is 0. The number of hydrogen-bond acceptors (Lipinski definition) is 3. The van der Waals surface area contributed by atoms with Crippen molar-refractivity contribution in [1.82, 2.24) is 4.90 Å². The van der Waals surface area contributed by atoms with Gasteiger partial charge in [-0.15, -0.1) is 0 Å². The Morgan fingerprint density at radius 3 is 2.39 bits per heavy atom. The zero-order valence-corrected chi connectivity index (χ0v) is 15.8. The molecule has 23 heavy (non-hydrogen) atoms. The number of rotatable bonds is 5. The van der Waals surface area contributed by atoms with E-state index < -0.39 is 0 Å². The molecule has 3 heteroatoms. The SMILES string of the molecule is C[C@@H]1C[C@H](C)CN(C[C@@H](O)CO[C@H]2C(C)(C)[C@H]3CC[C@@]2(C)C3)C1. The molecule has 3 fully saturated rings. The number of aliphatic hydroxyl groups excluding tert-OH is 1. The molecule has 0 amide bonds. The summed E-state index contributed by atoms with van der Waals surface area (Å²) in [5.41, 5.74) is 0.600. The Bertz CT molecular complexity index is 409. The van der Waals surface area contributed by atoms with Gasteiger partial charge in [0.05, 0.1) is 18.8 Å². The zero-order chi connectivity index (χ0) is 16.8. The summed E-state index contributed by atoms with van der Waals surface area (Å²) in [4.78, 5) is 2.43. The second-order valence-electron chi connectivity index (χ2n) is 9.95. The minimum Gasteiger partial charge on any atom is -0.389 e. The maximum absolute atomic E-state index is 10.5. The molecule has 2 saturated carbocycles. The maximum Gasteiger partial charge on any atom is 0.0900 e. The topological polar surface area (TPSA) is 32.7 Å². The molecule has 1 saturated heterocycles. The first-order chi connectivity index (χ1) is 10.7. The molecule has 2 aliphatic carbocycles. The summed E-state index contributed by atoms with van der Waals surface area (Å²) < 4.78 is 6.34. The van der Waals surface area contributed by atoms with Crippen LogP contribution in [0.25, 0.3) is 0 Å². The van der Waals surface area contributed by atoms with E-state index in [1.165, 1.54) is 25.7 Å². The van der Waals surface area contributed by atoms with Crippen molar-refractivity contribution in [2.75, 3.05) is 26.2 Å². The molecule has 0 aromatic heterocycles. The van der Waals surface area contributed by atoms with Crippen molar-refractivity contribution in [3.05, 3.63) is 0 Å². The van der Waals surface area contributed by atoms with Crippen LogP contribution < -0.4 is 0 Å². The van der Waals surface area contributed by atoms with Gasteiger partial charge in [-0.3, -0.25) is 0 Å². The van der Waals surface area contributed by atoms with Crippen molar-refractivity contribution < 1.29 is 9.84 Å². The van der Waals surface area contributed by atoms with Crippen LogP contribution in [0, 0.1) is 28.6 Å². The molecule has 1 N–H and O–H groups in total. The standard InChI is InChI=1S/C20H37NO2/c1-14-8-15(2)11-21(10-14)12-17(22)13-23-18-19(3,4)16-6-7-20(18,5)9-16/h14-18,22H,6-13H2,1-5H3/t14-,15+,16-,17+,18-,20-/m0/s1. The predicted octanol–water partition coefficient (Wildman–Crippen LogP) is 3.56. The molecule has 3 rings (SSSR count). The second-order valence-corrected chi connectivity index (χ2v) is 9.95. The normalized spacial score (nSPS) is 44.6. The van der Waals surface area contributed by atoms with Crippen LogP contribution in [0.2, 0.25) is 0 Å². The average molecular weight is 324 g/mol. The fourth-order valence-corrected chi connectivity index (χ4v) is 6.17. The van der Waals surface area contributed by atoms with Gasteiger partial charge < -0.3 is 14.7 Å². The monoisotopic (exact) mass is 323 g/mol. The third-order valence-corrected chi connectivity index (χ3v) is 7.01. The Morgan fingerprint density at radius 1 is 1.17 bits per heavy atom. The van der Waals surface area contributed by atoms with Gasteiger partial charge in [-0.05, 0) is 54.3 Å². The van der Waals surface area contributed by atoms with Gasteiger partial charge >= 0.3 is 0 Å². The van der Waals surface area contributed by atoms with Gasteiger partial charge in [0.15, 0.2) is 0 Å². The highest BCUT2D eigenvalue weighted by atomic mass is 16.5. The summed E-state index contributed by atoms with van der Waals surface area (Å²) in [5.74, 6) is 2.30. The highest BCUT2D eigenvalue weighted by molar-refractivity contribution is 5.09. The number of nitrogens with zero attached hydrogens (tertiary/aromatic N) is 1. The lowest BCUT2D eigenvalue weighted by molar-refractivity contribution is -0.114. The van der Waals surface area contributed by atoms with Gasteiger partial charge in [-0.2, -0.15) is 0 Å². The number of likely N-dealkylation sites (tertiary alicyclic amines) is 1. The van der Waals surface area contributed by atoms with Crippen molar-refractivity contribution in [3.63, 3.8) is 0 Å². The van der Waals surface area contributed by atoms with Gasteiger partial charge in [0.1, 0.15) is 0 Å². The Morgan fingerprint density at radius 2 is 1.83 bits per heavy atom. The van der Waals surface area contributed by atoms with Crippen LogP contribution >= 0.6 is 0 Å².